The Balaban J connectivity index is 1.93. The van der Waals surface area contributed by atoms with Crippen LogP contribution in [0, 0.1) is 0 Å². The van der Waals surface area contributed by atoms with E-state index in [0.29, 0.717) is 24.5 Å². The number of nitrogens with two attached hydrogens (primary N) is 1. The van der Waals surface area contributed by atoms with Crippen LogP contribution in [-0.4, -0.2) is 61.5 Å². The summed E-state index contributed by atoms with van der Waals surface area (Å²) in [6.07, 6.45) is 3.59. The fourth-order valence-electron chi connectivity index (χ4n) is 3.49. The van der Waals surface area contributed by atoms with Crippen LogP contribution in [0.4, 0.5) is 5.82 Å². The number of ether oxygens (including phenoxy) is 1. The summed E-state index contributed by atoms with van der Waals surface area (Å²) in [6.45, 7) is 23.2. The molecule has 2 aromatic rings. The molecule has 3 heterocycles. The van der Waals surface area contributed by atoms with Crippen LogP contribution in [0.1, 0.15) is 54.2 Å². The van der Waals surface area contributed by atoms with Gasteiger partial charge in [-0.05, 0) is 42.5 Å². The topological polar surface area (TPSA) is 97.3 Å². The van der Waals surface area contributed by atoms with Gasteiger partial charge in [-0.3, -0.25) is 0 Å². The Kier molecular flexibility index (Phi) is 7.69. The van der Waals surface area contributed by atoms with Gasteiger partial charge in [0, 0.05) is 6.42 Å². The summed E-state index contributed by atoms with van der Waals surface area (Å²) in [5.74, 6) is 0.436. The van der Waals surface area contributed by atoms with Gasteiger partial charge >= 0.3 is 0 Å². The van der Waals surface area contributed by atoms with E-state index in [1.54, 1.807) is 0 Å². The third-order valence-corrected chi connectivity index (χ3v) is 17.5. The number of nitrogens with zero attached hydrogens (tertiary/aromatic N) is 4. The third-order valence-electron chi connectivity index (χ3n) is 7.80. The molecule has 0 radical (unpaired) electrons. The Labute approximate surface area is 211 Å². The fraction of sp³-hybridized carbons (Fsp3) is 0.783. The molecule has 3 atom stereocenters. The van der Waals surface area contributed by atoms with Crippen LogP contribution in [0.3, 0.4) is 0 Å². The number of fused-ring (bicyclic) bond motifs is 1. The second kappa shape index (κ2) is 9.47. The zero-order chi connectivity index (χ0) is 25.7. The summed E-state index contributed by atoms with van der Waals surface area (Å²) in [7, 11) is -3.96. The van der Waals surface area contributed by atoms with Crippen molar-refractivity contribution in [1.29, 1.82) is 0 Å². The summed E-state index contributed by atoms with van der Waals surface area (Å²) < 4.78 is 22.0. The molecule has 0 amide bonds. The summed E-state index contributed by atoms with van der Waals surface area (Å²) in [4.78, 5) is 8.66. The lowest BCUT2D eigenvalue weighted by Crippen LogP contribution is -2.48. The lowest BCUT2D eigenvalue weighted by Gasteiger charge is -2.40. The Hall–Kier alpha value is -0.986. The van der Waals surface area contributed by atoms with Crippen LogP contribution in [0.2, 0.25) is 36.3 Å². The molecule has 2 aromatic heterocycles. The second-order valence-corrected chi connectivity index (χ2v) is 22.6. The van der Waals surface area contributed by atoms with Gasteiger partial charge in [-0.15, -0.1) is 11.8 Å². The van der Waals surface area contributed by atoms with Gasteiger partial charge in [-0.2, -0.15) is 5.10 Å². The van der Waals surface area contributed by atoms with Crippen LogP contribution in [-0.2, 0) is 13.6 Å². The number of hydrogen-bond donors (Lipinski definition) is 1. The highest BCUT2D eigenvalue weighted by Crippen LogP contribution is 2.43. The lowest BCUT2D eigenvalue weighted by atomic mass is 10.2. The molecule has 0 bridgehead atoms. The molecule has 0 saturated carbocycles. The predicted octanol–water partition coefficient (Wildman–Crippen LogP) is 5.83. The first-order valence-corrected chi connectivity index (χ1v) is 19.0. The van der Waals surface area contributed by atoms with E-state index in [9.17, 15) is 0 Å². The lowest BCUT2D eigenvalue weighted by molar-refractivity contribution is -0.0428. The second-order valence-electron chi connectivity index (χ2n) is 12.3. The average molecular weight is 526 g/mol. The minimum Gasteiger partial charge on any atom is -0.414 e. The van der Waals surface area contributed by atoms with Crippen LogP contribution >= 0.6 is 11.8 Å². The maximum Gasteiger partial charge on any atom is 0.192 e. The monoisotopic (exact) mass is 525 g/mol. The number of hydrogen-bond acceptors (Lipinski definition) is 8. The fourth-order valence-corrected chi connectivity index (χ4v) is 6.43. The Morgan fingerprint density at radius 1 is 1.09 bits per heavy atom. The maximum atomic E-state index is 6.89. The van der Waals surface area contributed by atoms with Gasteiger partial charge in [-0.25, -0.2) is 14.6 Å². The van der Waals surface area contributed by atoms with Gasteiger partial charge in [-0.1, -0.05) is 41.5 Å². The normalized spacial score (nSPS) is 22.6. The van der Waals surface area contributed by atoms with E-state index in [2.05, 4.69) is 77.7 Å². The minimum atomic E-state index is -2.02. The molecule has 11 heteroatoms. The zero-order valence-electron chi connectivity index (χ0n) is 22.7. The first kappa shape index (κ1) is 27.6. The van der Waals surface area contributed by atoms with Crippen molar-refractivity contribution in [1.82, 2.24) is 19.7 Å². The van der Waals surface area contributed by atoms with E-state index in [4.69, 9.17) is 24.4 Å². The summed E-state index contributed by atoms with van der Waals surface area (Å²) in [6, 6.07) is 0. The largest absolute Gasteiger partial charge is 0.414 e. The standard InChI is InChI=1S/C23H43N5O3SSi2/c1-22(2,3)33(8,9)29-13-16-15(31-34(10,11)23(4,5)6)12-17(30-16)28-20-18(21(27-28)32-7)19(24)25-14-26-20/h14-17H,12-13H2,1-11H3,(H2,24,25,26)/t15?,16-,17-/m1/s1. The molecule has 1 aliphatic rings. The average Bonchev–Trinajstić information content (AvgIpc) is 3.26. The smallest absolute Gasteiger partial charge is 0.192 e. The van der Waals surface area contributed by atoms with Crippen molar-refractivity contribution in [2.45, 2.75) is 108 Å². The molecule has 8 nitrogen and oxygen atoms in total. The highest BCUT2D eigenvalue weighted by Gasteiger charge is 2.47. The summed E-state index contributed by atoms with van der Waals surface area (Å²) in [5.41, 5.74) is 6.87. The van der Waals surface area contributed by atoms with Crippen molar-refractivity contribution in [3.05, 3.63) is 6.33 Å². The highest BCUT2D eigenvalue weighted by atomic mass is 32.2. The summed E-state index contributed by atoms with van der Waals surface area (Å²) >= 11 is 1.53. The molecule has 1 fully saturated rings. The molecule has 1 unspecified atom stereocenters. The summed E-state index contributed by atoms with van der Waals surface area (Å²) in [5, 5.41) is 6.62. The third kappa shape index (κ3) is 5.39. The van der Waals surface area contributed by atoms with Crippen LogP contribution in [0.25, 0.3) is 11.0 Å². The molecule has 0 aromatic carbocycles. The first-order valence-electron chi connectivity index (χ1n) is 12.0. The van der Waals surface area contributed by atoms with Gasteiger partial charge in [0.25, 0.3) is 0 Å². The predicted molar refractivity (Wildman–Crippen MR) is 145 cm³/mol. The Morgan fingerprint density at radius 3 is 2.26 bits per heavy atom. The molecule has 3 rings (SSSR count). The Bertz CT molecular complexity index is 1020. The maximum absolute atomic E-state index is 6.89. The first-order chi connectivity index (χ1) is 15.5. The molecule has 2 N–H and O–H groups in total. The van der Waals surface area contributed by atoms with Gasteiger partial charge in [0.1, 0.15) is 23.3 Å². The van der Waals surface area contributed by atoms with Crippen LogP contribution < -0.4 is 5.73 Å². The molecule has 1 aliphatic heterocycles. The number of thioether (sulfide) groups is 1. The molecule has 1 saturated heterocycles. The van der Waals surface area contributed by atoms with E-state index < -0.39 is 16.6 Å². The van der Waals surface area contributed by atoms with E-state index in [1.807, 2.05) is 10.9 Å². The van der Waals surface area contributed by atoms with Crippen molar-refractivity contribution in [3.63, 3.8) is 0 Å². The van der Waals surface area contributed by atoms with E-state index in [1.165, 1.54) is 18.1 Å². The van der Waals surface area contributed by atoms with E-state index in [0.717, 1.165) is 10.4 Å². The zero-order valence-corrected chi connectivity index (χ0v) is 25.5. The van der Waals surface area contributed by atoms with Crippen molar-refractivity contribution in [2.24, 2.45) is 0 Å². The molecule has 0 aliphatic carbocycles. The number of nitrogen functional groups attached to an aromatic ring is 1. The van der Waals surface area contributed by atoms with Crippen LogP contribution in [0.5, 0.6) is 0 Å². The molecule has 192 valence electrons. The van der Waals surface area contributed by atoms with Crippen molar-refractivity contribution in [3.8, 4) is 0 Å². The van der Waals surface area contributed by atoms with Crippen molar-refractivity contribution >= 4 is 45.2 Å². The van der Waals surface area contributed by atoms with Gasteiger partial charge in [0.2, 0.25) is 0 Å². The number of anilines is 1. The van der Waals surface area contributed by atoms with Gasteiger partial charge in [0.05, 0.1) is 18.1 Å². The van der Waals surface area contributed by atoms with Crippen molar-refractivity contribution in [2.75, 3.05) is 18.6 Å². The van der Waals surface area contributed by atoms with Crippen LogP contribution in [0.15, 0.2) is 11.4 Å². The van der Waals surface area contributed by atoms with E-state index in [-0.39, 0.29) is 28.5 Å². The quantitative estimate of drug-likeness (QED) is 0.356. The molecular weight excluding hydrogens is 483 g/mol. The molecule has 34 heavy (non-hydrogen) atoms. The molecule has 0 spiro atoms. The molecular formula is C23H43N5O3SSi2. The number of rotatable bonds is 7. The van der Waals surface area contributed by atoms with Gasteiger partial charge < -0.3 is 19.3 Å². The Morgan fingerprint density at radius 2 is 1.71 bits per heavy atom. The van der Waals surface area contributed by atoms with Crippen molar-refractivity contribution < 1.29 is 13.6 Å². The minimum absolute atomic E-state index is 0.0770. The number of aromatic nitrogens is 4. The SMILES string of the molecule is CSc1nn([C@H]2CC(O[Si](C)(C)C(C)(C)C)[C@@H](CO[Si](C)(C)C(C)(C)C)O2)c2ncnc(N)c12. The van der Waals surface area contributed by atoms with E-state index >= 15 is 0 Å². The highest BCUT2D eigenvalue weighted by molar-refractivity contribution is 7.98. The van der Waals surface area contributed by atoms with Gasteiger partial charge in [0.15, 0.2) is 28.5 Å².